The van der Waals surface area contributed by atoms with Gasteiger partial charge >= 0.3 is 0 Å². The molecule has 0 aromatic heterocycles. The maximum Gasteiger partial charge on any atom is 0.0804 e. The Balaban J connectivity index is 1.40. The topological polar surface area (TPSA) is 23.5 Å². The Kier molecular flexibility index (Phi) is 2.95. The number of rotatable bonds is 3. The Hall–Kier alpha value is -1.64. The summed E-state index contributed by atoms with van der Waals surface area (Å²) in [7, 11) is 0. The van der Waals surface area contributed by atoms with E-state index in [1.165, 1.54) is 34.2 Å². The van der Waals surface area contributed by atoms with Gasteiger partial charge in [0.25, 0.3) is 0 Å². The third-order valence-corrected chi connectivity index (χ3v) is 5.99. The van der Waals surface area contributed by atoms with Gasteiger partial charge in [0, 0.05) is 12.6 Å². The molecule has 1 saturated heterocycles. The molecule has 5 rings (SSSR count). The second-order valence-corrected chi connectivity index (χ2v) is 7.56. The van der Waals surface area contributed by atoms with Crippen LogP contribution < -0.4 is 0 Å². The molecule has 1 N–H and O–H groups in total. The van der Waals surface area contributed by atoms with Gasteiger partial charge in [0.2, 0.25) is 0 Å². The summed E-state index contributed by atoms with van der Waals surface area (Å²) < 4.78 is 0. The van der Waals surface area contributed by atoms with E-state index in [1.807, 2.05) is 0 Å². The largest absolute Gasteiger partial charge is 0.388 e. The lowest BCUT2D eigenvalue weighted by Gasteiger charge is -2.28. The quantitative estimate of drug-likeness (QED) is 0.796. The van der Waals surface area contributed by atoms with Gasteiger partial charge in [0.05, 0.1) is 5.60 Å². The van der Waals surface area contributed by atoms with Crippen LogP contribution in [0.5, 0.6) is 0 Å². The Morgan fingerprint density at radius 3 is 2.74 bits per heavy atom. The fourth-order valence-corrected chi connectivity index (χ4v) is 4.62. The minimum Gasteiger partial charge on any atom is -0.388 e. The van der Waals surface area contributed by atoms with E-state index in [1.54, 1.807) is 0 Å². The van der Waals surface area contributed by atoms with Crippen LogP contribution in [-0.4, -0.2) is 28.2 Å². The zero-order valence-corrected chi connectivity index (χ0v) is 13.5. The molecule has 2 nitrogen and oxygen atoms in total. The van der Waals surface area contributed by atoms with E-state index in [0.29, 0.717) is 6.04 Å². The summed E-state index contributed by atoms with van der Waals surface area (Å²) in [5.41, 5.74) is 6.75. The molecule has 3 aliphatic rings. The van der Waals surface area contributed by atoms with E-state index in [0.717, 1.165) is 38.8 Å². The van der Waals surface area contributed by atoms with E-state index in [-0.39, 0.29) is 5.60 Å². The third-order valence-electron chi connectivity index (χ3n) is 5.99. The van der Waals surface area contributed by atoms with E-state index in [4.69, 9.17) is 0 Å². The molecule has 1 unspecified atom stereocenters. The third kappa shape index (κ3) is 2.24. The molecule has 0 radical (unpaired) electrons. The fourth-order valence-electron chi connectivity index (χ4n) is 4.62. The molecule has 0 bridgehead atoms. The van der Waals surface area contributed by atoms with E-state index < -0.39 is 0 Å². The minimum atomic E-state index is -0.372. The molecule has 118 valence electrons. The van der Waals surface area contributed by atoms with Crippen molar-refractivity contribution in [2.24, 2.45) is 0 Å². The number of nitrogens with zero attached hydrogens (tertiary/aromatic N) is 1. The summed E-state index contributed by atoms with van der Waals surface area (Å²) in [6.45, 7) is 2.11. The van der Waals surface area contributed by atoms with Crippen molar-refractivity contribution in [2.45, 2.75) is 50.3 Å². The molecule has 2 fully saturated rings. The predicted molar refractivity (Wildman–Crippen MR) is 92.3 cm³/mol. The lowest BCUT2D eigenvalue weighted by atomic mass is 10.0. The van der Waals surface area contributed by atoms with E-state index in [9.17, 15) is 5.11 Å². The molecule has 2 aromatic carbocycles. The van der Waals surface area contributed by atoms with Crippen molar-refractivity contribution in [1.29, 1.82) is 0 Å². The van der Waals surface area contributed by atoms with Crippen LogP contribution in [-0.2, 0) is 13.0 Å². The van der Waals surface area contributed by atoms with Crippen LogP contribution in [0.1, 0.15) is 42.4 Å². The standard InChI is InChI=1S/C21H23NO/c23-21(9-10-21)20-6-3-11-22(20)14-15-7-8-19-17(12-15)13-16-4-1-2-5-18(16)19/h1-2,4-5,7-8,12,20,23H,3,6,9-11,13-14H2. The van der Waals surface area contributed by atoms with Gasteiger partial charge in [-0.25, -0.2) is 0 Å². The number of aliphatic hydroxyl groups is 1. The van der Waals surface area contributed by atoms with Crippen molar-refractivity contribution in [3.63, 3.8) is 0 Å². The Labute approximate surface area is 137 Å². The highest BCUT2D eigenvalue weighted by Crippen LogP contribution is 2.45. The van der Waals surface area contributed by atoms with Crippen LogP contribution in [0.4, 0.5) is 0 Å². The average molecular weight is 305 g/mol. The molecule has 1 saturated carbocycles. The summed E-state index contributed by atoms with van der Waals surface area (Å²) in [5.74, 6) is 0. The van der Waals surface area contributed by atoms with Crippen LogP contribution in [0.2, 0.25) is 0 Å². The molecule has 1 atom stereocenters. The van der Waals surface area contributed by atoms with Crippen molar-refractivity contribution in [1.82, 2.24) is 4.90 Å². The molecule has 2 heteroatoms. The Bertz CT molecular complexity index is 762. The Morgan fingerprint density at radius 2 is 1.87 bits per heavy atom. The highest BCUT2D eigenvalue weighted by molar-refractivity contribution is 5.76. The second-order valence-electron chi connectivity index (χ2n) is 7.56. The van der Waals surface area contributed by atoms with Gasteiger partial charge < -0.3 is 5.11 Å². The van der Waals surface area contributed by atoms with Gasteiger partial charge in [0.15, 0.2) is 0 Å². The zero-order valence-electron chi connectivity index (χ0n) is 13.5. The van der Waals surface area contributed by atoms with Crippen LogP contribution >= 0.6 is 0 Å². The van der Waals surface area contributed by atoms with Gasteiger partial charge in [-0.2, -0.15) is 0 Å². The average Bonchev–Trinajstić information content (AvgIpc) is 2.99. The summed E-state index contributed by atoms with van der Waals surface area (Å²) >= 11 is 0. The summed E-state index contributed by atoms with van der Waals surface area (Å²) in [6.07, 6.45) is 5.43. The van der Waals surface area contributed by atoms with Crippen LogP contribution in [0.3, 0.4) is 0 Å². The molecule has 23 heavy (non-hydrogen) atoms. The number of benzene rings is 2. The highest BCUT2D eigenvalue weighted by atomic mass is 16.3. The summed E-state index contributed by atoms with van der Waals surface area (Å²) in [4.78, 5) is 2.51. The molecular formula is C21H23NO. The molecule has 1 aliphatic heterocycles. The van der Waals surface area contributed by atoms with Crippen molar-refractivity contribution < 1.29 is 5.11 Å². The minimum absolute atomic E-state index is 0.372. The van der Waals surface area contributed by atoms with Crippen LogP contribution in [0.25, 0.3) is 11.1 Å². The van der Waals surface area contributed by atoms with Crippen LogP contribution in [0.15, 0.2) is 42.5 Å². The van der Waals surface area contributed by atoms with Gasteiger partial charge in [-0.15, -0.1) is 0 Å². The number of hydrogen-bond acceptors (Lipinski definition) is 2. The first-order valence-electron chi connectivity index (χ1n) is 8.89. The summed E-state index contributed by atoms with van der Waals surface area (Å²) in [6, 6.07) is 16.1. The normalized spacial score (nSPS) is 24.5. The second kappa shape index (κ2) is 4.93. The zero-order chi connectivity index (χ0) is 15.4. The van der Waals surface area contributed by atoms with E-state index in [2.05, 4.69) is 47.4 Å². The first-order chi connectivity index (χ1) is 11.2. The molecular weight excluding hydrogens is 282 g/mol. The highest BCUT2D eigenvalue weighted by Gasteiger charge is 2.51. The first-order valence-corrected chi connectivity index (χ1v) is 8.89. The lowest BCUT2D eigenvalue weighted by molar-refractivity contribution is 0.0481. The molecule has 0 spiro atoms. The van der Waals surface area contributed by atoms with Crippen molar-refractivity contribution >= 4 is 0 Å². The van der Waals surface area contributed by atoms with Crippen molar-refractivity contribution in [3.05, 3.63) is 59.2 Å². The van der Waals surface area contributed by atoms with Crippen molar-refractivity contribution in [2.75, 3.05) is 6.54 Å². The van der Waals surface area contributed by atoms with Crippen LogP contribution in [0, 0.1) is 0 Å². The van der Waals surface area contributed by atoms with Gasteiger partial charge in [-0.3, -0.25) is 4.90 Å². The SMILES string of the molecule is OC1(C2CCCN2Cc2ccc3c(c2)Cc2ccccc2-3)CC1. The maximum absolute atomic E-state index is 10.5. The first kappa shape index (κ1) is 13.8. The number of fused-ring (bicyclic) bond motifs is 3. The van der Waals surface area contributed by atoms with Crippen molar-refractivity contribution in [3.8, 4) is 11.1 Å². The molecule has 1 heterocycles. The maximum atomic E-state index is 10.5. The van der Waals surface area contributed by atoms with Gasteiger partial charge in [-0.05, 0) is 66.5 Å². The lowest BCUT2D eigenvalue weighted by Crippen LogP contribution is -2.40. The van der Waals surface area contributed by atoms with Gasteiger partial charge in [-0.1, -0.05) is 42.5 Å². The molecule has 2 aliphatic carbocycles. The molecule has 2 aromatic rings. The smallest absolute Gasteiger partial charge is 0.0804 e. The van der Waals surface area contributed by atoms with E-state index >= 15 is 0 Å². The fraction of sp³-hybridized carbons (Fsp3) is 0.429. The monoisotopic (exact) mass is 305 g/mol. The summed E-state index contributed by atoms with van der Waals surface area (Å²) in [5, 5.41) is 10.5. The number of likely N-dealkylation sites (tertiary alicyclic amines) is 1. The Morgan fingerprint density at radius 1 is 1.04 bits per heavy atom. The number of hydrogen-bond donors (Lipinski definition) is 1. The predicted octanol–water partition coefficient (Wildman–Crippen LogP) is 3.75. The molecule has 0 amide bonds. The van der Waals surface area contributed by atoms with Gasteiger partial charge in [0.1, 0.15) is 0 Å².